The van der Waals surface area contributed by atoms with Gasteiger partial charge in [-0.1, -0.05) is 164 Å². The number of fused-ring (bicyclic) bond motifs is 10. The van der Waals surface area contributed by atoms with Crippen LogP contribution >= 0.6 is 0 Å². The summed E-state index contributed by atoms with van der Waals surface area (Å²) in [6.07, 6.45) is 1.90. The van der Waals surface area contributed by atoms with Gasteiger partial charge in [-0.2, -0.15) is 0 Å². The Morgan fingerprint density at radius 1 is 0.350 bits per heavy atom. The van der Waals surface area contributed by atoms with Crippen molar-refractivity contribution in [1.29, 1.82) is 0 Å². The molecule has 0 N–H and O–H groups in total. The summed E-state index contributed by atoms with van der Waals surface area (Å²) in [6.45, 7) is 0. The van der Waals surface area contributed by atoms with Gasteiger partial charge in [0.05, 0.1) is 11.1 Å². The van der Waals surface area contributed by atoms with Crippen molar-refractivity contribution < 1.29 is 4.74 Å². The summed E-state index contributed by atoms with van der Waals surface area (Å²) in [7, 11) is 0. The molecule has 0 radical (unpaired) electrons. The topological polar surface area (TPSA) is 60.8 Å². The summed E-state index contributed by atoms with van der Waals surface area (Å²) in [5.41, 5.74) is 13.3. The van der Waals surface area contributed by atoms with E-state index in [1.165, 1.54) is 22.1 Å². The molecule has 60 heavy (non-hydrogen) atoms. The van der Waals surface area contributed by atoms with E-state index in [2.05, 4.69) is 140 Å². The molecule has 1 aliphatic carbocycles. The summed E-state index contributed by atoms with van der Waals surface area (Å²) >= 11 is 0. The number of aromatic nitrogens is 4. The van der Waals surface area contributed by atoms with Crippen LogP contribution in [0.3, 0.4) is 0 Å². The van der Waals surface area contributed by atoms with E-state index in [9.17, 15) is 0 Å². The van der Waals surface area contributed by atoms with Crippen molar-refractivity contribution >= 4 is 10.8 Å². The van der Waals surface area contributed by atoms with Gasteiger partial charge < -0.3 is 4.74 Å². The summed E-state index contributed by atoms with van der Waals surface area (Å²) in [5, 5.41) is 2.31. The molecule has 5 heteroatoms. The van der Waals surface area contributed by atoms with E-state index in [1.807, 2.05) is 66.9 Å². The predicted octanol–water partition coefficient (Wildman–Crippen LogP) is 13.2. The van der Waals surface area contributed by atoms with Gasteiger partial charge in [-0.25, -0.2) is 15.0 Å². The van der Waals surface area contributed by atoms with Crippen LogP contribution < -0.4 is 4.74 Å². The number of hydrogen-bond donors (Lipinski definition) is 0. The molecule has 0 fully saturated rings. The summed E-state index contributed by atoms with van der Waals surface area (Å²) in [4.78, 5) is 20.1. The third-order valence-electron chi connectivity index (χ3n) is 12.0. The van der Waals surface area contributed by atoms with Crippen molar-refractivity contribution in [3.05, 3.63) is 229 Å². The van der Waals surface area contributed by atoms with Crippen molar-refractivity contribution in [3.63, 3.8) is 0 Å². The molecule has 12 rings (SSSR count). The molecule has 2 aliphatic rings. The van der Waals surface area contributed by atoms with Gasteiger partial charge in [0.1, 0.15) is 11.5 Å². The van der Waals surface area contributed by atoms with E-state index in [0.29, 0.717) is 17.5 Å². The molecule has 1 aliphatic heterocycles. The molecule has 3 heterocycles. The molecule has 0 atom stereocenters. The standard InChI is InChI=1S/C55H34N4O/c1-3-15-36(16-4-1)52-57-53(37-17-5-2-6-18-37)59-54(58-52)41-27-29-44-43-28-26-39(38-19-13-20-40(32-38)51-42-21-8-7-14-35(42)30-31-56-51)33-47(43)55(48(44)34-41)45-22-9-11-24-49(45)60-50-25-12-10-23-46(50)55/h1-34H. The first-order valence-electron chi connectivity index (χ1n) is 20.2. The zero-order chi connectivity index (χ0) is 39.6. The van der Waals surface area contributed by atoms with Gasteiger partial charge in [0.15, 0.2) is 17.5 Å². The molecule has 10 aromatic rings. The van der Waals surface area contributed by atoms with Crippen LogP contribution in [0.2, 0.25) is 0 Å². The number of hydrogen-bond acceptors (Lipinski definition) is 5. The Labute approximate surface area is 347 Å². The van der Waals surface area contributed by atoms with Crippen molar-refractivity contribution in [3.8, 4) is 79.2 Å². The average Bonchev–Trinajstić information content (AvgIpc) is 3.61. The number of para-hydroxylation sites is 2. The molecule has 0 saturated carbocycles. The zero-order valence-electron chi connectivity index (χ0n) is 32.3. The monoisotopic (exact) mass is 766 g/mol. The van der Waals surface area contributed by atoms with Crippen LogP contribution in [0, 0.1) is 0 Å². The Morgan fingerprint density at radius 3 is 1.52 bits per heavy atom. The minimum atomic E-state index is -0.700. The highest BCUT2D eigenvalue weighted by Gasteiger charge is 2.51. The number of rotatable bonds is 5. The molecule has 0 saturated heterocycles. The van der Waals surface area contributed by atoms with Gasteiger partial charge in [0.2, 0.25) is 0 Å². The second kappa shape index (κ2) is 13.5. The quantitative estimate of drug-likeness (QED) is 0.175. The van der Waals surface area contributed by atoms with E-state index in [-0.39, 0.29) is 0 Å². The molecule has 5 nitrogen and oxygen atoms in total. The van der Waals surface area contributed by atoms with Crippen molar-refractivity contribution in [2.24, 2.45) is 0 Å². The van der Waals surface area contributed by atoms with Gasteiger partial charge in [-0.3, -0.25) is 4.98 Å². The van der Waals surface area contributed by atoms with Crippen molar-refractivity contribution in [1.82, 2.24) is 19.9 Å². The van der Waals surface area contributed by atoms with Gasteiger partial charge in [-0.05, 0) is 75.2 Å². The fraction of sp³-hybridized carbons (Fsp3) is 0.0182. The summed E-state index contributed by atoms with van der Waals surface area (Å²) in [5.74, 6) is 3.56. The molecule has 280 valence electrons. The molecule has 0 unspecified atom stereocenters. The van der Waals surface area contributed by atoms with Gasteiger partial charge in [0, 0.05) is 45.0 Å². The number of benzene rings is 8. The number of ether oxygens (including phenoxy) is 1. The van der Waals surface area contributed by atoms with Crippen LogP contribution in [0.15, 0.2) is 206 Å². The van der Waals surface area contributed by atoms with Gasteiger partial charge >= 0.3 is 0 Å². The van der Waals surface area contributed by atoms with Crippen LogP contribution in [0.1, 0.15) is 22.3 Å². The Morgan fingerprint density at radius 2 is 0.850 bits per heavy atom. The maximum atomic E-state index is 6.71. The molecule has 1 spiro atoms. The number of pyridine rings is 1. The predicted molar refractivity (Wildman–Crippen MR) is 240 cm³/mol. The second-order valence-electron chi connectivity index (χ2n) is 15.4. The largest absolute Gasteiger partial charge is 0.457 e. The van der Waals surface area contributed by atoms with E-state index in [1.54, 1.807) is 0 Å². The smallest absolute Gasteiger partial charge is 0.164 e. The third kappa shape index (κ3) is 5.26. The van der Waals surface area contributed by atoms with Crippen molar-refractivity contribution in [2.45, 2.75) is 5.41 Å². The maximum Gasteiger partial charge on any atom is 0.164 e. The first kappa shape index (κ1) is 34.1. The first-order chi connectivity index (χ1) is 29.7. The molecule has 8 aromatic carbocycles. The SMILES string of the molecule is c1ccc(-c2nc(-c3ccccc3)nc(-c3ccc4c(c3)C3(c5ccccc5Oc5ccccc53)c3cc(-c5cccc(-c6nccc7ccccc67)c5)ccc3-4)n2)cc1. The van der Waals surface area contributed by atoms with Crippen molar-refractivity contribution in [2.75, 3.05) is 0 Å². The highest BCUT2D eigenvalue weighted by molar-refractivity contribution is 5.96. The van der Waals surface area contributed by atoms with Crippen LogP contribution in [-0.4, -0.2) is 19.9 Å². The fourth-order valence-corrected chi connectivity index (χ4v) is 9.35. The normalized spacial score (nSPS) is 12.9. The van der Waals surface area contributed by atoms with Crippen LogP contribution in [0.25, 0.3) is 78.4 Å². The van der Waals surface area contributed by atoms with E-state index in [4.69, 9.17) is 24.7 Å². The molecular formula is C55H34N4O. The highest BCUT2D eigenvalue weighted by atomic mass is 16.5. The lowest BCUT2D eigenvalue weighted by molar-refractivity contribution is 0.436. The lowest BCUT2D eigenvalue weighted by Crippen LogP contribution is -2.32. The molecule has 0 bridgehead atoms. The Bertz CT molecular complexity index is 3200. The van der Waals surface area contributed by atoms with E-state index < -0.39 is 5.41 Å². The first-order valence-corrected chi connectivity index (χ1v) is 20.2. The van der Waals surface area contributed by atoms with E-state index >= 15 is 0 Å². The fourth-order valence-electron chi connectivity index (χ4n) is 9.35. The van der Waals surface area contributed by atoms with Crippen LogP contribution in [0.4, 0.5) is 0 Å². The van der Waals surface area contributed by atoms with Crippen LogP contribution in [0.5, 0.6) is 11.5 Å². The average molecular weight is 767 g/mol. The van der Waals surface area contributed by atoms with Gasteiger partial charge in [0.25, 0.3) is 0 Å². The van der Waals surface area contributed by atoms with E-state index in [0.717, 1.165) is 72.7 Å². The highest BCUT2D eigenvalue weighted by Crippen LogP contribution is 2.62. The zero-order valence-corrected chi connectivity index (χ0v) is 32.3. The second-order valence-corrected chi connectivity index (χ2v) is 15.4. The maximum absolute atomic E-state index is 6.71. The van der Waals surface area contributed by atoms with Crippen LogP contribution in [-0.2, 0) is 5.41 Å². The molecular weight excluding hydrogens is 733 g/mol. The Hall–Kier alpha value is -8.02. The number of nitrogens with zero attached hydrogens (tertiary/aromatic N) is 4. The molecule has 2 aromatic heterocycles. The molecule has 0 amide bonds. The van der Waals surface area contributed by atoms with Gasteiger partial charge in [-0.15, -0.1) is 0 Å². The Kier molecular flexibility index (Phi) is 7.69. The lowest BCUT2D eigenvalue weighted by atomic mass is 9.65. The summed E-state index contributed by atoms with van der Waals surface area (Å²) < 4.78 is 6.71. The minimum absolute atomic E-state index is 0.616. The lowest BCUT2D eigenvalue weighted by Gasteiger charge is -2.39. The summed E-state index contributed by atoms with van der Waals surface area (Å²) in [6, 6.07) is 70.2. The Balaban J connectivity index is 1.09. The third-order valence-corrected chi connectivity index (χ3v) is 12.0. The minimum Gasteiger partial charge on any atom is -0.457 e.